The van der Waals surface area contributed by atoms with Gasteiger partial charge in [-0.25, -0.2) is 0 Å². The van der Waals surface area contributed by atoms with E-state index >= 15 is 0 Å². The Balaban J connectivity index is 1.80. The van der Waals surface area contributed by atoms with Crippen molar-refractivity contribution in [3.8, 4) is 0 Å². The average molecular weight is 271 g/mol. The molecule has 1 aliphatic rings. The molecular formula is C11H17N3O3S. The van der Waals surface area contributed by atoms with E-state index in [1.807, 2.05) is 6.92 Å². The molecule has 0 aliphatic carbocycles. The summed E-state index contributed by atoms with van der Waals surface area (Å²) in [4.78, 5) is 11.8. The minimum absolute atomic E-state index is 0.125. The molecule has 7 heteroatoms. The van der Waals surface area contributed by atoms with E-state index < -0.39 is 0 Å². The molecule has 0 saturated carbocycles. The van der Waals surface area contributed by atoms with E-state index in [4.69, 9.17) is 9.47 Å². The summed E-state index contributed by atoms with van der Waals surface area (Å²) < 4.78 is 10.5. The first kappa shape index (κ1) is 13.4. The molecule has 0 spiro atoms. The zero-order valence-corrected chi connectivity index (χ0v) is 11.2. The highest BCUT2D eigenvalue weighted by Crippen LogP contribution is 2.18. The minimum atomic E-state index is -0.333. The molecule has 2 rings (SSSR count). The van der Waals surface area contributed by atoms with Crippen molar-refractivity contribution in [1.82, 2.24) is 10.2 Å². The van der Waals surface area contributed by atoms with E-state index in [1.54, 1.807) is 0 Å². The lowest BCUT2D eigenvalue weighted by molar-refractivity contribution is -0.124. The molecule has 1 fully saturated rings. The van der Waals surface area contributed by atoms with Gasteiger partial charge in [0.1, 0.15) is 11.1 Å². The molecule has 1 N–H and O–H groups in total. The number of amides is 1. The number of aromatic nitrogens is 2. The van der Waals surface area contributed by atoms with Crippen molar-refractivity contribution in [3.05, 3.63) is 5.01 Å². The molecule has 1 aromatic rings. The van der Waals surface area contributed by atoms with Crippen LogP contribution in [0.4, 0.5) is 5.13 Å². The van der Waals surface area contributed by atoms with Crippen LogP contribution in [-0.4, -0.2) is 42.0 Å². The molecule has 0 bridgehead atoms. The van der Waals surface area contributed by atoms with E-state index in [0.717, 1.165) is 24.3 Å². The van der Waals surface area contributed by atoms with Gasteiger partial charge in [0.2, 0.25) is 5.13 Å². The lowest BCUT2D eigenvalue weighted by Gasteiger charge is -2.06. The fourth-order valence-electron chi connectivity index (χ4n) is 1.68. The topological polar surface area (TPSA) is 73.3 Å². The Morgan fingerprint density at radius 1 is 1.61 bits per heavy atom. The molecule has 1 atom stereocenters. The third kappa shape index (κ3) is 3.72. The SMILES string of the molecule is CCOCCc1nnc(NC(=O)[C@@H]2CCCO2)s1. The van der Waals surface area contributed by atoms with Crippen LogP contribution in [0.2, 0.25) is 0 Å². The van der Waals surface area contributed by atoms with E-state index in [-0.39, 0.29) is 12.0 Å². The van der Waals surface area contributed by atoms with Gasteiger partial charge in [-0.05, 0) is 19.8 Å². The van der Waals surface area contributed by atoms with Crippen molar-refractivity contribution in [2.45, 2.75) is 32.3 Å². The first-order valence-corrected chi connectivity index (χ1v) is 6.94. The van der Waals surface area contributed by atoms with Gasteiger partial charge in [-0.1, -0.05) is 11.3 Å². The highest BCUT2D eigenvalue weighted by Gasteiger charge is 2.24. The number of nitrogens with one attached hydrogen (secondary N) is 1. The van der Waals surface area contributed by atoms with Crippen LogP contribution in [0, 0.1) is 0 Å². The Labute approximate surface area is 110 Å². The van der Waals surface area contributed by atoms with E-state index in [0.29, 0.717) is 25.0 Å². The normalized spacial score (nSPS) is 19.1. The molecule has 2 heterocycles. The number of carbonyl (C=O) groups is 1. The van der Waals surface area contributed by atoms with Crippen molar-refractivity contribution in [2.75, 3.05) is 25.1 Å². The van der Waals surface area contributed by atoms with Crippen LogP contribution < -0.4 is 5.32 Å². The Kier molecular flexibility index (Phi) is 5.03. The summed E-state index contributed by atoms with van der Waals surface area (Å²) in [7, 11) is 0. The minimum Gasteiger partial charge on any atom is -0.381 e. The second kappa shape index (κ2) is 6.77. The molecule has 100 valence electrons. The Morgan fingerprint density at radius 3 is 3.22 bits per heavy atom. The molecule has 1 saturated heterocycles. The number of hydrogen-bond acceptors (Lipinski definition) is 6. The van der Waals surface area contributed by atoms with Gasteiger partial charge in [0, 0.05) is 19.6 Å². The lowest BCUT2D eigenvalue weighted by atomic mass is 10.2. The summed E-state index contributed by atoms with van der Waals surface area (Å²) in [5, 5.41) is 12.1. The molecule has 1 aromatic heterocycles. The lowest BCUT2D eigenvalue weighted by Crippen LogP contribution is -2.26. The highest BCUT2D eigenvalue weighted by molar-refractivity contribution is 7.15. The van der Waals surface area contributed by atoms with Gasteiger partial charge in [0.05, 0.1) is 6.61 Å². The highest BCUT2D eigenvalue weighted by atomic mass is 32.1. The van der Waals surface area contributed by atoms with Crippen LogP contribution in [0.3, 0.4) is 0 Å². The summed E-state index contributed by atoms with van der Waals surface area (Å²) in [5.41, 5.74) is 0. The van der Waals surface area contributed by atoms with Crippen LogP contribution in [0.1, 0.15) is 24.8 Å². The number of rotatable bonds is 6. The number of anilines is 1. The molecule has 6 nitrogen and oxygen atoms in total. The molecule has 0 aromatic carbocycles. The van der Waals surface area contributed by atoms with Crippen LogP contribution in [0.25, 0.3) is 0 Å². The van der Waals surface area contributed by atoms with Gasteiger partial charge in [-0.3, -0.25) is 10.1 Å². The maximum Gasteiger partial charge on any atom is 0.255 e. The molecule has 0 unspecified atom stereocenters. The number of nitrogens with zero attached hydrogens (tertiary/aromatic N) is 2. The standard InChI is InChI=1S/C11H17N3O3S/c1-2-16-7-5-9-13-14-11(18-9)12-10(15)8-4-3-6-17-8/h8H,2-7H2,1H3,(H,12,14,15)/t8-/m0/s1. The van der Waals surface area contributed by atoms with Gasteiger partial charge in [0.25, 0.3) is 5.91 Å². The Hall–Kier alpha value is -1.05. The number of hydrogen-bond donors (Lipinski definition) is 1. The smallest absolute Gasteiger partial charge is 0.255 e. The molecule has 1 amide bonds. The van der Waals surface area contributed by atoms with E-state index in [2.05, 4.69) is 15.5 Å². The van der Waals surface area contributed by atoms with Crippen LogP contribution in [0.15, 0.2) is 0 Å². The monoisotopic (exact) mass is 271 g/mol. The summed E-state index contributed by atoms with van der Waals surface area (Å²) in [6.45, 7) is 3.94. The summed E-state index contributed by atoms with van der Waals surface area (Å²) in [5.74, 6) is -0.125. The second-order valence-corrected chi connectivity index (χ2v) is 5.00. The third-order valence-electron chi connectivity index (χ3n) is 2.58. The van der Waals surface area contributed by atoms with Crippen molar-refractivity contribution >= 4 is 22.4 Å². The summed E-state index contributed by atoms with van der Waals surface area (Å²) in [6.07, 6.45) is 2.11. The fourth-order valence-corrected chi connectivity index (χ4v) is 2.40. The first-order chi connectivity index (χ1) is 8.79. The Bertz CT molecular complexity index is 391. The number of ether oxygens (including phenoxy) is 2. The van der Waals surface area contributed by atoms with Crippen molar-refractivity contribution in [2.24, 2.45) is 0 Å². The molecule has 0 radical (unpaired) electrons. The van der Waals surface area contributed by atoms with Gasteiger partial charge in [-0.15, -0.1) is 10.2 Å². The van der Waals surface area contributed by atoms with Crippen LogP contribution in [-0.2, 0) is 20.7 Å². The maximum absolute atomic E-state index is 11.8. The average Bonchev–Trinajstić information content (AvgIpc) is 3.00. The predicted molar refractivity (Wildman–Crippen MR) is 67.7 cm³/mol. The molecule has 18 heavy (non-hydrogen) atoms. The van der Waals surface area contributed by atoms with E-state index in [1.165, 1.54) is 11.3 Å². The summed E-state index contributed by atoms with van der Waals surface area (Å²) >= 11 is 1.38. The largest absolute Gasteiger partial charge is 0.381 e. The van der Waals surface area contributed by atoms with Gasteiger partial charge < -0.3 is 9.47 Å². The van der Waals surface area contributed by atoms with Crippen molar-refractivity contribution in [3.63, 3.8) is 0 Å². The zero-order chi connectivity index (χ0) is 12.8. The Morgan fingerprint density at radius 2 is 2.50 bits per heavy atom. The number of carbonyl (C=O) groups excluding carboxylic acids is 1. The fraction of sp³-hybridized carbons (Fsp3) is 0.727. The molecule has 1 aliphatic heterocycles. The molecular weight excluding hydrogens is 254 g/mol. The quantitative estimate of drug-likeness (QED) is 0.788. The van der Waals surface area contributed by atoms with Crippen LogP contribution in [0.5, 0.6) is 0 Å². The second-order valence-electron chi connectivity index (χ2n) is 3.94. The predicted octanol–water partition coefficient (Wildman–Crippen LogP) is 1.23. The van der Waals surface area contributed by atoms with Crippen molar-refractivity contribution < 1.29 is 14.3 Å². The van der Waals surface area contributed by atoms with Crippen LogP contribution >= 0.6 is 11.3 Å². The summed E-state index contributed by atoms with van der Waals surface area (Å²) in [6, 6.07) is 0. The third-order valence-corrected chi connectivity index (χ3v) is 3.48. The van der Waals surface area contributed by atoms with Gasteiger partial charge in [-0.2, -0.15) is 0 Å². The van der Waals surface area contributed by atoms with Gasteiger partial charge in [0.15, 0.2) is 0 Å². The zero-order valence-electron chi connectivity index (χ0n) is 10.3. The van der Waals surface area contributed by atoms with E-state index in [9.17, 15) is 4.79 Å². The van der Waals surface area contributed by atoms with Crippen molar-refractivity contribution in [1.29, 1.82) is 0 Å². The first-order valence-electron chi connectivity index (χ1n) is 6.12. The maximum atomic E-state index is 11.8. The van der Waals surface area contributed by atoms with Gasteiger partial charge >= 0.3 is 0 Å².